The first-order valence-electron chi connectivity index (χ1n) is 7.26. The van der Waals surface area contributed by atoms with Gasteiger partial charge in [0.1, 0.15) is 5.41 Å². The maximum Gasteiger partial charge on any atom is 1.00 e. The van der Waals surface area contributed by atoms with Gasteiger partial charge in [-0.25, -0.2) is 4.99 Å². The van der Waals surface area contributed by atoms with Crippen molar-refractivity contribution in [1.29, 1.82) is 0 Å². The summed E-state index contributed by atoms with van der Waals surface area (Å²) in [6, 6.07) is 0. The van der Waals surface area contributed by atoms with Crippen LogP contribution in [0.15, 0.2) is 4.99 Å². The van der Waals surface area contributed by atoms with Gasteiger partial charge in [-0.3, -0.25) is 9.59 Å². The van der Waals surface area contributed by atoms with Crippen molar-refractivity contribution < 1.29 is 39.1 Å². The van der Waals surface area contributed by atoms with Crippen molar-refractivity contribution in [3.05, 3.63) is 0 Å². The normalized spacial score (nSPS) is 21.5. The second-order valence-corrected chi connectivity index (χ2v) is 6.61. The van der Waals surface area contributed by atoms with Gasteiger partial charge in [0.2, 0.25) is 5.91 Å². The SMILES string of the molecule is CCCCCSCC1(CCCC)C(=O)N=C([S-])NC1=O.[Na+]. The van der Waals surface area contributed by atoms with Crippen molar-refractivity contribution in [2.24, 2.45) is 10.4 Å². The second kappa shape index (κ2) is 11.0. The van der Waals surface area contributed by atoms with E-state index in [0.717, 1.165) is 25.0 Å². The molecule has 0 radical (unpaired) electrons. The summed E-state index contributed by atoms with van der Waals surface area (Å²) in [6.07, 6.45) is 5.83. The van der Waals surface area contributed by atoms with Crippen LogP contribution in [0, 0.1) is 5.41 Å². The number of thioether (sulfide) groups is 1. The summed E-state index contributed by atoms with van der Waals surface area (Å²) in [4.78, 5) is 28.3. The van der Waals surface area contributed by atoms with Crippen LogP contribution in [-0.2, 0) is 22.2 Å². The van der Waals surface area contributed by atoms with E-state index in [4.69, 9.17) is 12.6 Å². The zero-order chi connectivity index (χ0) is 15.0. The Labute approximate surface area is 159 Å². The molecule has 21 heavy (non-hydrogen) atoms. The molecule has 0 spiro atoms. The topological polar surface area (TPSA) is 58.5 Å². The molecule has 1 aliphatic heterocycles. The Morgan fingerprint density at radius 2 is 1.86 bits per heavy atom. The van der Waals surface area contributed by atoms with Gasteiger partial charge < -0.3 is 17.9 Å². The molecule has 0 saturated heterocycles. The molecule has 2 amide bonds. The summed E-state index contributed by atoms with van der Waals surface area (Å²) < 4.78 is 0. The van der Waals surface area contributed by atoms with Gasteiger partial charge in [0.05, 0.1) is 0 Å². The van der Waals surface area contributed by atoms with Gasteiger partial charge in [-0.05, 0) is 23.8 Å². The molecule has 0 aromatic heterocycles. The van der Waals surface area contributed by atoms with Crippen LogP contribution in [0.5, 0.6) is 0 Å². The molecule has 1 heterocycles. The summed E-state index contributed by atoms with van der Waals surface area (Å²) in [5.41, 5.74) is -1.00. The first kappa shape index (κ1) is 21.4. The molecular formula is C14H23N2NaO2S2. The van der Waals surface area contributed by atoms with Gasteiger partial charge in [-0.15, -0.1) is 0 Å². The van der Waals surface area contributed by atoms with Gasteiger partial charge in [-0.2, -0.15) is 11.8 Å². The Balaban J connectivity index is 0.00000400. The molecule has 0 bridgehead atoms. The van der Waals surface area contributed by atoms with Gasteiger partial charge in [0, 0.05) is 5.75 Å². The minimum atomic E-state index is -1.00. The van der Waals surface area contributed by atoms with E-state index >= 15 is 0 Å². The number of hydrogen-bond acceptors (Lipinski definition) is 4. The van der Waals surface area contributed by atoms with E-state index in [9.17, 15) is 9.59 Å². The van der Waals surface area contributed by atoms with Crippen LogP contribution in [0.25, 0.3) is 0 Å². The molecule has 0 fully saturated rings. The molecule has 7 heteroatoms. The number of unbranched alkanes of at least 4 members (excludes halogenated alkanes) is 3. The van der Waals surface area contributed by atoms with Crippen LogP contribution in [0.1, 0.15) is 52.4 Å². The van der Waals surface area contributed by atoms with Crippen LogP contribution >= 0.6 is 11.8 Å². The van der Waals surface area contributed by atoms with Crippen molar-refractivity contribution >= 4 is 41.4 Å². The molecule has 0 aliphatic carbocycles. The van der Waals surface area contributed by atoms with Gasteiger partial charge in [-0.1, -0.05) is 39.5 Å². The number of amidine groups is 1. The van der Waals surface area contributed by atoms with Crippen LogP contribution in [0.2, 0.25) is 0 Å². The third kappa shape index (κ3) is 6.18. The van der Waals surface area contributed by atoms with Crippen LogP contribution in [-0.4, -0.2) is 28.5 Å². The fourth-order valence-corrected chi connectivity index (χ4v) is 3.62. The maximum absolute atomic E-state index is 12.3. The molecule has 1 aliphatic rings. The molecule has 1 N–H and O–H groups in total. The largest absolute Gasteiger partial charge is 1.00 e. The number of hydrogen-bond donors (Lipinski definition) is 1. The average Bonchev–Trinajstić information content (AvgIpc) is 2.40. The van der Waals surface area contributed by atoms with Crippen LogP contribution in [0.4, 0.5) is 0 Å². The zero-order valence-electron chi connectivity index (χ0n) is 13.2. The summed E-state index contributed by atoms with van der Waals surface area (Å²) in [6.45, 7) is 4.21. The fourth-order valence-electron chi connectivity index (χ4n) is 2.14. The Hall–Kier alpha value is 0.380. The minimum Gasteiger partial charge on any atom is -0.742 e. The molecule has 1 unspecified atom stereocenters. The number of carbonyl (C=O) groups is 2. The van der Waals surface area contributed by atoms with Crippen molar-refractivity contribution in [2.75, 3.05) is 11.5 Å². The molecular weight excluding hydrogens is 315 g/mol. The Bertz CT molecular complexity index is 391. The van der Waals surface area contributed by atoms with E-state index in [1.54, 1.807) is 11.8 Å². The Kier molecular flexibility index (Phi) is 11.2. The van der Waals surface area contributed by atoms with Crippen molar-refractivity contribution in [3.8, 4) is 0 Å². The average molecular weight is 338 g/mol. The molecule has 0 saturated carbocycles. The maximum atomic E-state index is 12.3. The van der Waals surface area contributed by atoms with Gasteiger partial charge in [0.25, 0.3) is 5.91 Å². The van der Waals surface area contributed by atoms with Crippen molar-refractivity contribution in [3.63, 3.8) is 0 Å². The third-order valence-corrected chi connectivity index (χ3v) is 4.93. The first-order valence-corrected chi connectivity index (χ1v) is 8.82. The zero-order valence-corrected chi connectivity index (χ0v) is 16.9. The monoisotopic (exact) mass is 338 g/mol. The summed E-state index contributed by atoms with van der Waals surface area (Å²) in [7, 11) is 0. The predicted molar refractivity (Wildman–Crippen MR) is 86.8 cm³/mol. The Morgan fingerprint density at radius 3 is 2.43 bits per heavy atom. The molecule has 0 aromatic rings. The smallest absolute Gasteiger partial charge is 0.742 e. The summed E-state index contributed by atoms with van der Waals surface area (Å²) in [5.74, 6) is 0.863. The standard InChI is InChI=1S/C14H24N2O2S2.Na/c1-3-5-7-9-20-10-14(8-6-4-2)11(17)15-13(19)16-12(14)18;/h3-10H2,1-2H3,(H2,15,16,17,18,19);/q;+1/p-1. The molecule has 4 nitrogen and oxygen atoms in total. The number of nitrogens with zero attached hydrogens (tertiary/aromatic N) is 1. The molecule has 1 atom stereocenters. The van der Waals surface area contributed by atoms with Gasteiger partial charge in [0.15, 0.2) is 0 Å². The van der Waals surface area contributed by atoms with E-state index in [-0.39, 0.29) is 46.5 Å². The van der Waals surface area contributed by atoms with E-state index in [2.05, 4.69) is 24.2 Å². The number of nitrogens with one attached hydrogen (secondary N) is 1. The molecule has 114 valence electrons. The van der Waals surface area contributed by atoms with E-state index in [1.807, 2.05) is 0 Å². The molecule has 1 rings (SSSR count). The summed E-state index contributed by atoms with van der Waals surface area (Å²) in [5, 5.41) is 2.56. The first-order chi connectivity index (χ1) is 9.56. The number of rotatable bonds is 9. The van der Waals surface area contributed by atoms with Gasteiger partial charge >= 0.3 is 29.6 Å². The second-order valence-electron chi connectivity index (χ2n) is 5.12. The number of amides is 2. The van der Waals surface area contributed by atoms with Crippen molar-refractivity contribution in [2.45, 2.75) is 52.4 Å². The fraction of sp³-hybridized carbons (Fsp3) is 0.786. The van der Waals surface area contributed by atoms with Crippen molar-refractivity contribution in [1.82, 2.24) is 5.32 Å². The molecule has 0 aromatic carbocycles. The van der Waals surface area contributed by atoms with E-state index < -0.39 is 5.41 Å². The van der Waals surface area contributed by atoms with E-state index in [1.165, 1.54) is 12.8 Å². The minimum absolute atomic E-state index is 0. The summed E-state index contributed by atoms with van der Waals surface area (Å²) >= 11 is 6.49. The number of aliphatic imine (C=N–C) groups is 1. The van der Waals surface area contributed by atoms with Crippen LogP contribution < -0.4 is 34.9 Å². The van der Waals surface area contributed by atoms with Crippen LogP contribution in [0.3, 0.4) is 0 Å². The Morgan fingerprint density at radius 1 is 1.19 bits per heavy atom. The predicted octanol–water partition coefficient (Wildman–Crippen LogP) is -0.350. The number of carbonyl (C=O) groups excluding carboxylic acids is 2. The van der Waals surface area contributed by atoms with E-state index in [0.29, 0.717) is 12.2 Å². The quantitative estimate of drug-likeness (QED) is 0.270. The third-order valence-electron chi connectivity index (χ3n) is 3.47.